The van der Waals surface area contributed by atoms with Crippen LogP contribution in [0.15, 0.2) is 6.33 Å². The molecule has 4 nitrogen and oxygen atoms in total. The normalized spacial score (nSPS) is 12.0. The van der Waals surface area contributed by atoms with Gasteiger partial charge in [0, 0.05) is 25.0 Å². The minimum Gasteiger partial charge on any atom is -0.396 e. The molecule has 0 saturated carbocycles. The molecule has 15 heavy (non-hydrogen) atoms. The van der Waals surface area contributed by atoms with Crippen LogP contribution in [0.5, 0.6) is 0 Å². The van der Waals surface area contributed by atoms with Crippen LogP contribution in [0.1, 0.15) is 39.4 Å². The third-order valence-electron chi connectivity index (χ3n) is 3.36. The molecule has 1 N–H and O–H groups in total. The minimum atomic E-state index is -0.0278. The van der Waals surface area contributed by atoms with Crippen LogP contribution in [0.2, 0.25) is 0 Å². The number of aryl methyl sites for hydroxylation is 1. The fourth-order valence-corrected chi connectivity index (χ4v) is 1.80. The highest BCUT2D eigenvalue weighted by atomic mass is 16.3. The van der Waals surface area contributed by atoms with Crippen LogP contribution in [0.4, 0.5) is 0 Å². The van der Waals surface area contributed by atoms with Gasteiger partial charge in [-0.2, -0.15) is 5.10 Å². The summed E-state index contributed by atoms with van der Waals surface area (Å²) >= 11 is 0. The Balaban J connectivity index is 2.82. The molecule has 0 bridgehead atoms. The molecule has 1 rings (SSSR count). The van der Waals surface area contributed by atoms with E-state index >= 15 is 0 Å². The van der Waals surface area contributed by atoms with E-state index in [2.05, 4.69) is 30.9 Å². The first-order valence-electron chi connectivity index (χ1n) is 5.69. The lowest BCUT2D eigenvalue weighted by Gasteiger charge is -2.28. The maximum atomic E-state index is 9.48. The first-order chi connectivity index (χ1) is 7.21. The summed E-state index contributed by atoms with van der Waals surface area (Å²) < 4.78 is 1.90. The van der Waals surface area contributed by atoms with Crippen LogP contribution in [0.25, 0.3) is 0 Å². The van der Waals surface area contributed by atoms with Crippen LogP contribution >= 0.6 is 0 Å². The summed E-state index contributed by atoms with van der Waals surface area (Å²) in [5.74, 6) is 0.982. The highest BCUT2D eigenvalue weighted by Crippen LogP contribution is 2.29. The Kier molecular flexibility index (Phi) is 4.27. The molecule has 0 atom stereocenters. The van der Waals surface area contributed by atoms with E-state index in [1.54, 1.807) is 6.33 Å². The van der Waals surface area contributed by atoms with Gasteiger partial charge in [-0.1, -0.05) is 13.8 Å². The summed E-state index contributed by atoms with van der Waals surface area (Å²) in [6.07, 6.45) is 4.34. The van der Waals surface area contributed by atoms with Gasteiger partial charge in [0.1, 0.15) is 12.2 Å². The zero-order valence-electron chi connectivity index (χ0n) is 9.90. The van der Waals surface area contributed by atoms with Gasteiger partial charge in [-0.15, -0.1) is 0 Å². The number of rotatable bonds is 6. The summed E-state index contributed by atoms with van der Waals surface area (Å²) in [7, 11) is 0. The van der Waals surface area contributed by atoms with E-state index in [0.29, 0.717) is 0 Å². The van der Waals surface area contributed by atoms with E-state index in [1.165, 1.54) is 0 Å². The SMILES string of the molecule is CCn1ncnc1CC(CC)(CC)CO. The number of aromatic nitrogens is 3. The number of hydrogen-bond acceptors (Lipinski definition) is 3. The molecule has 0 spiro atoms. The van der Waals surface area contributed by atoms with Crippen LogP contribution in [-0.2, 0) is 13.0 Å². The van der Waals surface area contributed by atoms with Gasteiger partial charge in [0.15, 0.2) is 0 Å². The average molecular weight is 211 g/mol. The van der Waals surface area contributed by atoms with E-state index in [-0.39, 0.29) is 12.0 Å². The lowest BCUT2D eigenvalue weighted by atomic mass is 9.80. The van der Waals surface area contributed by atoms with E-state index in [4.69, 9.17) is 0 Å². The Morgan fingerprint density at radius 1 is 1.33 bits per heavy atom. The zero-order valence-corrected chi connectivity index (χ0v) is 9.90. The molecular formula is C11H21N3O. The second-order valence-corrected chi connectivity index (χ2v) is 4.03. The molecule has 0 aliphatic carbocycles. The molecule has 1 aromatic heterocycles. The van der Waals surface area contributed by atoms with Crippen LogP contribution in [-0.4, -0.2) is 26.5 Å². The predicted octanol–water partition coefficient (Wildman–Crippen LogP) is 1.64. The number of aliphatic hydroxyl groups is 1. The van der Waals surface area contributed by atoms with Crippen molar-refractivity contribution in [2.24, 2.45) is 5.41 Å². The van der Waals surface area contributed by atoms with Crippen molar-refractivity contribution in [1.82, 2.24) is 14.8 Å². The van der Waals surface area contributed by atoms with Crippen molar-refractivity contribution in [3.8, 4) is 0 Å². The third kappa shape index (κ3) is 2.56. The van der Waals surface area contributed by atoms with Gasteiger partial charge < -0.3 is 5.11 Å². The van der Waals surface area contributed by atoms with Crippen LogP contribution in [0, 0.1) is 5.41 Å². The summed E-state index contributed by atoms with van der Waals surface area (Å²) in [6, 6.07) is 0. The number of aliphatic hydroxyl groups excluding tert-OH is 1. The summed E-state index contributed by atoms with van der Waals surface area (Å²) in [5.41, 5.74) is -0.0278. The van der Waals surface area contributed by atoms with Crippen molar-refractivity contribution in [3.05, 3.63) is 12.2 Å². The molecule has 0 unspecified atom stereocenters. The summed E-state index contributed by atoms with van der Waals surface area (Å²) in [6.45, 7) is 7.34. The topological polar surface area (TPSA) is 50.9 Å². The molecule has 0 fully saturated rings. The Morgan fingerprint density at radius 3 is 2.47 bits per heavy atom. The molecule has 1 aromatic rings. The molecule has 0 aliphatic heterocycles. The fourth-order valence-electron chi connectivity index (χ4n) is 1.80. The molecule has 86 valence electrons. The first-order valence-corrected chi connectivity index (χ1v) is 5.69. The van der Waals surface area contributed by atoms with Crippen LogP contribution in [0.3, 0.4) is 0 Å². The van der Waals surface area contributed by atoms with Gasteiger partial charge in [0.05, 0.1) is 0 Å². The molecule has 0 aliphatic rings. The van der Waals surface area contributed by atoms with Crippen molar-refractivity contribution < 1.29 is 5.11 Å². The fraction of sp³-hybridized carbons (Fsp3) is 0.818. The number of nitrogens with zero attached hydrogens (tertiary/aromatic N) is 3. The third-order valence-corrected chi connectivity index (χ3v) is 3.36. The lowest BCUT2D eigenvalue weighted by Crippen LogP contribution is -2.28. The summed E-state index contributed by atoms with van der Waals surface area (Å²) in [5, 5.41) is 13.6. The van der Waals surface area contributed by atoms with Gasteiger partial charge >= 0.3 is 0 Å². The van der Waals surface area contributed by atoms with Gasteiger partial charge in [-0.3, -0.25) is 4.68 Å². The monoisotopic (exact) mass is 211 g/mol. The predicted molar refractivity (Wildman–Crippen MR) is 59.5 cm³/mol. The Morgan fingerprint density at radius 2 is 2.00 bits per heavy atom. The van der Waals surface area contributed by atoms with E-state index < -0.39 is 0 Å². The van der Waals surface area contributed by atoms with Gasteiger partial charge in [-0.05, 0) is 19.8 Å². The highest BCUT2D eigenvalue weighted by Gasteiger charge is 2.27. The van der Waals surface area contributed by atoms with Crippen molar-refractivity contribution in [1.29, 1.82) is 0 Å². The Hall–Kier alpha value is -0.900. The van der Waals surface area contributed by atoms with Gasteiger partial charge in [0.2, 0.25) is 0 Å². The quantitative estimate of drug-likeness (QED) is 0.778. The highest BCUT2D eigenvalue weighted by molar-refractivity contribution is 4.93. The summed E-state index contributed by atoms with van der Waals surface area (Å²) in [4.78, 5) is 4.26. The molecule has 0 saturated heterocycles. The smallest absolute Gasteiger partial charge is 0.138 e. The molecule has 0 aromatic carbocycles. The second kappa shape index (κ2) is 5.26. The standard InChI is InChI=1S/C11H21N3O/c1-4-11(5-2,8-15)7-10-12-9-13-14(10)6-3/h9,15H,4-8H2,1-3H3. The Bertz CT molecular complexity index is 284. The van der Waals surface area contributed by atoms with E-state index in [1.807, 2.05) is 4.68 Å². The minimum absolute atomic E-state index is 0.0278. The second-order valence-electron chi connectivity index (χ2n) is 4.03. The number of hydrogen-bond donors (Lipinski definition) is 1. The lowest BCUT2D eigenvalue weighted by molar-refractivity contribution is 0.111. The maximum absolute atomic E-state index is 9.48. The zero-order chi connectivity index (χ0) is 11.3. The largest absolute Gasteiger partial charge is 0.396 e. The molecule has 1 heterocycles. The van der Waals surface area contributed by atoms with Crippen molar-refractivity contribution in [2.45, 2.75) is 46.6 Å². The van der Waals surface area contributed by atoms with Crippen molar-refractivity contribution >= 4 is 0 Å². The van der Waals surface area contributed by atoms with Crippen LogP contribution < -0.4 is 0 Å². The first kappa shape index (κ1) is 12.2. The molecule has 4 heteroatoms. The Labute approximate surface area is 91.3 Å². The maximum Gasteiger partial charge on any atom is 0.138 e. The average Bonchev–Trinajstić information content (AvgIpc) is 2.73. The van der Waals surface area contributed by atoms with Crippen molar-refractivity contribution in [2.75, 3.05) is 6.61 Å². The molecule has 0 radical (unpaired) electrons. The van der Waals surface area contributed by atoms with Crippen molar-refractivity contribution in [3.63, 3.8) is 0 Å². The molecule has 0 amide bonds. The van der Waals surface area contributed by atoms with E-state index in [0.717, 1.165) is 31.6 Å². The van der Waals surface area contributed by atoms with Gasteiger partial charge in [-0.25, -0.2) is 4.98 Å². The van der Waals surface area contributed by atoms with Gasteiger partial charge in [0.25, 0.3) is 0 Å². The molecular weight excluding hydrogens is 190 g/mol. The van der Waals surface area contributed by atoms with E-state index in [9.17, 15) is 5.11 Å².